The quantitative estimate of drug-likeness (QED) is 0.575. The summed E-state index contributed by atoms with van der Waals surface area (Å²) < 4.78 is 1.37. The fourth-order valence-corrected chi connectivity index (χ4v) is 3.22. The highest BCUT2D eigenvalue weighted by Gasteiger charge is 2.20. The summed E-state index contributed by atoms with van der Waals surface area (Å²) in [7, 11) is 0. The average Bonchev–Trinajstić information content (AvgIpc) is 2.72. The number of hydrogen-bond acceptors (Lipinski definition) is 5. The second kappa shape index (κ2) is 7.31. The highest BCUT2D eigenvalue weighted by atomic mass is 16.2. The van der Waals surface area contributed by atoms with Crippen LogP contribution in [0.3, 0.4) is 0 Å². The molecule has 0 aliphatic heterocycles. The number of amides is 1. The number of nitrogens with one attached hydrogen (secondary N) is 1. The zero-order chi connectivity index (χ0) is 20.5. The first kappa shape index (κ1) is 18.5. The molecule has 8 nitrogen and oxygen atoms in total. The molecule has 0 radical (unpaired) electrons. The van der Waals surface area contributed by atoms with Gasteiger partial charge in [0, 0.05) is 18.9 Å². The predicted octanol–water partition coefficient (Wildman–Crippen LogP) is 1.90. The van der Waals surface area contributed by atoms with Gasteiger partial charge in [-0.05, 0) is 37.6 Å². The molecule has 4 rings (SSSR count). The Labute approximate surface area is 165 Å². The summed E-state index contributed by atoms with van der Waals surface area (Å²) in [5, 5.41) is 0.484. The molecule has 0 saturated carbocycles. The Morgan fingerprint density at radius 3 is 2.76 bits per heavy atom. The lowest BCUT2D eigenvalue weighted by molar-refractivity contribution is 0.0746. The van der Waals surface area contributed by atoms with Crippen molar-refractivity contribution in [3.05, 3.63) is 86.5 Å². The second-order valence-electron chi connectivity index (χ2n) is 6.76. The molecule has 1 amide bonds. The van der Waals surface area contributed by atoms with E-state index in [2.05, 4.69) is 15.0 Å². The van der Waals surface area contributed by atoms with E-state index in [4.69, 9.17) is 0 Å². The van der Waals surface area contributed by atoms with E-state index in [-0.39, 0.29) is 17.7 Å². The van der Waals surface area contributed by atoms with Crippen LogP contribution >= 0.6 is 0 Å². The number of hydrogen-bond donors (Lipinski definition) is 1. The number of carbonyl (C=O) groups is 1. The van der Waals surface area contributed by atoms with Crippen molar-refractivity contribution in [2.75, 3.05) is 6.54 Å². The molecule has 1 aromatic carbocycles. The number of pyridine rings is 1. The van der Waals surface area contributed by atoms with E-state index in [9.17, 15) is 14.4 Å². The van der Waals surface area contributed by atoms with Gasteiger partial charge in [0.25, 0.3) is 17.0 Å². The van der Waals surface area contributed by atoms with Crippen LogP contribution in [0.15, 0.2) is 58.4 Å². The van der Waals surface area contributed by atoms with E-state index >= 15 is 0 Å². The maximum Gasteiger partial charge on any atom is 0.270 e. The Bertz CT molecular complexity index is 1360. The van der Waals surface area contributed by atoms with Crippen LogP contribution in [0.25, 0.3) is 16.6 Å². The van der Waals surface area contributed by atoms with E-state index in [0.717, 1.165) is 5.56 Å². The van der Waals surface area contributed by atoms with Crippen molar-refractivity contribution in [3.63, 3.8) is 0 Å². The highest BCUT2D eigenvalue weighted by molar-refractivity contribution is 5.93. The SMILES string of the molecule is CCN(Cc1nc2ccccc2c(=O)[nH]1)C(=O)c1cnc2ccc(C)cn2c1=O. The van der Waals surface area contributed by atoms with Crippen LogP contribution in [0.2, 0.25) is 0 Å². The van der Waals surface area contributed by atoms with Crippen LogP contribution in [0.5, 0.6) is 0 Å². The monoisotopic (exact) mass is 389 g/mol. The molecule has 0 fully saturated rings. The highest BCUT2D eigenvalue weighted by Crippen LogP contribution is 2.09. The topological polar surface area (TPSA) is 100 Å². The lowest BCUT2D eigenvalue weighted by Crippen LogP contribution is -2.36. The lowest BCUT2D eigenvalue weighted by Gasteiger charge is -2.20. The van der Waals surface area contributed by atoms with Crippen molar-refractivity contribution in [3.8, 4) is 0 Å². The third-order valence-corrected chi connectivity index (χ3v) is 4.75. The minimum atomic E-state index is -0.461. The fraction of sp³-hybridized carbons (Fsp3) is 0.190. The molecule has 4 aromatic rings. The maximum atomic E-state index is 13.0. The van der Waals surface area contributed by atoms with Crippen molar-refractivity contribution in [2.24, 2.45) is 0 Å². The molecule has 29 heavy (non-hydrogen) atoms. The molecular formula is C21H19N5O3. The molecule has 0 aliphatic rings. The molecule has 0 atom stereocenters. The van der Waals surface area contributed by atoms with Crippen LogP contribution in [-0.2, 0) is 6.54 Å². The van der Waals surface area contributed by atoms with Crippen LogP contribution in [0, 0.1) is 6.92 Å². The van der Waals surface area contributed by atoms with Gasteiger partial charge in [-0.2, -0.15) is 0 Å². The number of aryl methyl sites for hydroxylation is 1. The normalized spacial score (nSPS) is 11.1. The van der Waals surface area contributed by atoms with E-state index in [1.165, 1.54) is 15.5 Å². The molecule has 0 saturated heterocycles. The van der Waals surface area contributed by atoms with Gasteiger partial charge in [-0.15, -0.1) is 0 Å². The van der Waals surface area contributed by atoms with Gasteiger partial charge >= 0.3 is 0 Å². The number of H-pyrrole nitrogens is 1. The average molecular weight is 389 g/mol. The van der Waals surface area contributed by atoms with Crippen molar-refractivity contribution in [2.45, 2.75) is 20.4 Å². The summed E-state index contributed by atoms with van der Waals surface area (Å²) in [6, 6.07) is 10.6. The van der Waals surface area contributed by atoms with Crippen LogP contribution < -0.4 is 11.1 Å². The molecule has 0 spiro atoms. The number of para-hydroxylation sites is 1. The van der Waals surface area contributed by atoms with Gasteiger partial charge < -0.3 is 9.88 Å². The number of fused-ring (bicyclic) bond motifs is 2. The van der Waals surface area contributed by atoms with E-state index < -0.39 is 11.5 Å². The molecule has 3 heterocycles. The number of aromatic nitrogens is 4. The first-order valence-corrected chi connectivity index (χ1v) is 9.23. The summed E-state index contributed by atoms with van der Waals surface area (Å²) >= 11 is 0. The summed E-state index contributed by atoms with van der Waals surface area (Å²) in [4.78, 5) is 51.0. The van der Waals surface area contributed by atoms with Crippen molar-refractivity contribution in [1.82, 2.24) is 24.3 Å². The Morgan fingerprint density at radius 1 is 1.17 bits per heavy atom. The zero-order valence-electron chi connectivity index (χ0n) is 16.0. The van der Waals surface area contributed by atoms with Crippen molar-refractivity contribution in [1.29, 1.82) is 0 Å². The molecule has 0 unspecified atom stereocenters. The summed E-state index contributed by atoms with van der Waals surface area (Å²) in [6.45, 7) is 4.07. The first-order valence-electron chi connectivity index (χ1n) is 9.23. The molecular weight excluding hydrogens is 370 g/mol. The van der Waals surface area contributed by atoms with Gasteiger partial charge in [0.15, 0.2) is 0 Å². The van der Waals surface area contributed by atoms with Gasteiger partial charge in [0.05, 0.1) is 17.4 Å². The summed E-state index contributed by atoms with van der Waals surface area (Å²) in [5.74, 6) is -0.106. The molecule has 3 aromatic heterocycles. The summed E-state index contributed by atoms with van der Waals surface area (Å²) in [5.41, 5.74) is 1.19. The van der Waals surface area contributed by atoms with Crippen molar-refractivity contribution < 1.29 is 4.79 Å². The zero-order valence-corrected chi connectivity index (χ0v) is 16.0. The van der Waals surface area contributed by atoms with Gasteiger partial charge in [0.2, 0.25) is 0 Å². The smallest absolute Gasteiger partial charge is 0.270 e. The largest absolute Gasteiger partial charge is 0.331 e. The van der Waals surface area contributed by atoms with E-state index in [0.29, 0.717) is 28.9 Å². The van der Waals surface area contributed by atoms with Crippen LogP contribution in [0.1, 0.15) is 28.7 Å². The molecule has 146 valence electrons. The first-order chi connectivity index (χ1) is 14.0. The fourth-order valence-electron chi connectivity index (χ4n) is 3.22. The Kier molecular flexibility index (Phi) is 4.67. The van der Waals surface area contributed by atoms with Gasteiger partial charge in [0.1, 0.15) is 17.0 Å². The molecule has 0 bridgehead atoms. The third-order valence-electron chi connectivity index (χ3n) is 4.75. The van der Waals surface area contributed by atoms with Crippen LogP contribution in [-0.4, -0.2) is 36.7 Å². The number of rotatable bonds is 4. The Hall–Kier alpha value is -3.81. The third kappa shape index (κ3) is 3.40. The number of aromatic amines is 1. The Morgan fingerprint density at radius 2 is 1.97 bits per heavy atom. The number of benzene rings is 1. The minimum Gasteiger partial charge on any atom is -0.331 e. The molecule has 0 aliphatic carbocycles. The van der Waals surface area contributed by atoms with Crippen LogP contribution in [0.4, 0.5) is 0 Å². The van der Waals surface area contributed by atoms with Gasteiger partial charge in [-0.1, -0.05) is 18.2 Å². The van der Waals surface area contributed by atoms with Gasteiger partial charge in [-0.25, -0.2) is 9.97 Å². The standard InChI is InChI=1S/C21H19N5O3/c1-3-25(12-17-23-16-7-5-4-6-14(16)19(27)24-17)20(28)15-10-22-18-9-8-13(2)11-26(18)21(15)29/h4-11H,3,12H2,1-2H3,(H,23,24,27). The molecule has 8 heteroatoms. The van der Waals surface area contributed by atoms with E-state index in [1.807, 2.05) is 13.0 Å². The number of nitrogens with zero attached hydrogens (tertiary/aromatic N) is 4. The maximum absolute atomic E-state index is 13.0. The van der Waals surface area contributed by atoms with E-state index in [1.54, 1.807) is 43.5 Å². The number of carbonyl (C=O) groups excluding carboxylic acids is 1. The van der Waals surface area contributed by atoms with Gasteiger partial charge in [-0.3, -0.25) is 18.8 Å². The minimum absolute atomic E-state index is 0.0295. The molecule has 1 N–H and O–H groups in total. The predicted molar refractivity (Wildman–Crippen MR) is 109 cm³/mol. The second-order valence-corrected chi connectivity index (χ2v) is 6.76. The Balaban J connectivity index is 1.71. The van der Waals surface area contributed by atoms with Crippen molar-refractivity contribution >= 4 is 22.5 Å². The summed E-state index contributed by atoms with van der Waals surface area (Å²) in [6.07, 6.45) is 2.95. The lowest BCUT2D eigenvalue weighted by atomic mass is 10.2.